The lowest BCUT2D eigenvalue weighted by atomic mass is 10.1. The molecule has 0 saturated carbocycles. The van der Waals surface area contributed by atoms with Crippen LogP contribution in [0.4, 0.5) is 0 Å². The Hall–Kier alpha value is -0.700. The maximum atomic E-state index is 11.1. The molecule has 0 fully saturated rings. The number of hydrogen-bond donors (Lipinski definition) is 0. The average Bonchev–Trinajstić information content (AvgIpc) is 2.05. The molecule has 0 aliphatic carbocycles. The van der Waals surface area contributed by atoms with Crippen LogP contribution in [0.2, 0.25) is 0 Å². The van der Waals surface area contributed by atoms with Crippen LogP contribution >= 0.6 is 15.9 Å². The van der Waals surface area contributed by atoms with Gasteiger partial charge in [0.05, 0.1) is 0 Å². The van der Waals surface area contributed by atoms with Crippen molar-refractivity contribution < 1.29 is 4.79 Å². The van der Waals surface area contributed by atoms with Gasteiger partial charge in [-0.15, -0.1) is 0 Å². The molecule has 0 N–H and O–H groups in total. The molecule has 0 atom stereocenters. The number of rotatable bonds is 2. The Morgan fingerprint density at radius 3 is 2.82 bits per heavy atom. The zero-order chi connectivity index (χ0) is 8.27. The van der Waals surface area contributed by atoms with Crippen LogP contribution in [0, 0.1) is 0 Å². The van der Waals surface area contributed by atoms with Crippen molar-refractivity contribution in [3.8, 4) is 0 Å². The molecule has 0 aromatic carbocycles. The molecule has 2 nitrogen and oxygen atoms in total. The molecule has 58 valence electrons. The van der Waals surface area contributed by atoms with Crippen LogP contribution in [0.5, 0.6) is 0 Å². The molecule has 1 heterocycles. The first-order valence-corrected chi connectivity index (χ1v) is 4.18. The van der Waals surface area contributed by atoms with E-state index in [0.29, 0.717) is 12.0 Å². The summed E-state index contributed by atoms with van der Waals surface area (Å²) in [5.74, 6) is 0.130. The minimum atomic E-state index is 0.130. The molecule has 0 amide bonds. The Kier molecular flexibility index (Phi) is 2.76. The summed E-state index contributed by atoms with van der Waals surface area (Å²) in [6.45, 7) is 1.84. The van der Waals surface area contributed by atoms with Crippen LogP contribution in [-0.4, -0.2) is 10.8 Å². The second kappa shape index (κ2) is 3.62. The van der Waals surface area contributed by atoms with E-state index in [9.17, 15) is 4.79 Å². The zero-order valence-corrected chi connectivity index (χ0v) is 7.76. The van der Waals surface area contributed by atoms with E-state index >= 15 is 0 Å². The highest BCUT2D eigenvalue weighted by Gasteiger charge is 2.01. The molecule has 0 aliphatic rings. The minimum Gasteiger partial charge on any atom is -0.294 e. The molecule has 1 aromatic heterocycles. The van der Waals surface area contributed by atoms with Crippen molar-refractivity contribution in [2.45, 2.75) is 13.3 Å². The Morgan fingerprint density at radius 2 is 2.36 bits per heavy atom. The molecule has 1 aromatic rings. The van der Waals surface area contributed by atoms with Gasteiger partial charge in [-0.1, -0.05) is 6.92 Å². The highest BCUT2D eigenvalue weighted by atomic mass is 79.9. The van der Waals surface area contributed by atoms with Gasteiger partial charge in [0, 0.05) is 18.2 Å². The van der Waals surface area contributed by atoms with E-state index in [1.54, 1.807) is 18.3 Å². The molecule has 0 spiro atoms. The molecule has 0 saturated heterocycles. The van der Waals surface area contributed by atoms with Crippen LogP contribution in [0.25, 0.3) is 0 Å². The SMILES string of the molecule is CCC(=O)c1ccc(Br)nc1. The van der Waals surface area contributed by atoms with E-state index in [1.807, 2.05) is 6.92 Å². The number of ketones is 1. The standard InChI is InChI=1S/C8H8BrNO/c1-2-7(11)6-3-4-8(9)10-5-6/h3-5H,2H2,1H3. The largest absolute Gasteiger partial charge is 0.294 e. The Balaban J connectivity index is 2.90. The fourth-order valence-electron chi connectivity index (χ4n) is 0.745. The lowest BCUT2D eigenvalue weighted by Crippen LogP contribution is -1.96. The summed E-state index contributed by atoms with van der Waals surface area (Å²) in [7, 11) is 0. The molecule has 1 rings (SSSR count). The van der Waals surface area contributed by atoms with E-state index in [2.05, 4.69) is 20.9 Å². The van der Waals surface area contributed by atoms with Gasteiger partial charge in [-0.05, 0) is 28.1 Å². The number of hydrogen-bond acceptors (Lipinski definition) is 2. The third-order valence-corrected chi connectivity index (χ3v) is 1.84. The number of nitrogens with zero attached hydrogens (tertiary/aromatic N) is 1. The van der Waals surface area contributed by atoms with E-state index < -0.39 is 0 Å². The number of carbonyl (C=O) groups excluding carboxylic acids is 1. The van der Waals surface area contributed by atoms with E-state index in [-0.39, 0.29) is 5.78 Å². The van der Waals surface area contributed by atoms with Crippen LogP contribution in [-0.2, 0) is 0 Å². The maximum Gasteiger partial charge on any atom is 0.164 e. The summed E-state index contributed by atoms with van der Waals surface area (Å²) in [4.78, 5) is 15.0. The van der Waals surface area contributed by atoms with Gasteiger partial charge in [0.15, 0.2) is 5.78 Å². The summed E-state index contributed by atoms with van der Waals surface area (Å²) in [5.41, 5.74) is 0.677. The van der Waals surface area contributed by atoms with Crippen LogP contribution in [0.3, 0.4) is 0 Å². The van der Waals surface area contributed by atoms with E-state index in [1.165, 1.54) is 0 Å². The second-order valence-electron chi connectivity index (χ2n) is 2.15. The summed E-state index contributed by atoms with van der Waals surface area (Å²) in [6, 6.07) is 3.53. The summed E-state index contributed by atoms with van der Waals surface area (Å²) in [5, 5.41) is 0. The van der Waals surface area contributed by atoms with Gasteiger partial charge in [-0.3, -0.25) is 4.79 Å². The molecule has 0 unspecified atom stereocenters. The molecule has 0 radical (unpaired) electrons. The molecule has 0 bridgehead atoms. The predicted molar refractivity (Wildman–Crippen MR) is 46.6 cm³/mol. The number of Topliss-reactive ketones (excluding diaryl/α,β-unsaturated/α-hetero) is 1. The highest BCUT2D eigenvalue weighted by molar-refractivity contribution is 9.10. The molecule has 11 heavy (non-hydrogen) atoms. The van der Waals surface area contributed by atoms with Crippen molar-refractivity contribution in [1.82, 2.24) is 4.98 Å². The van der Waals surface area contributed by atoms with Gasteiger partial charge < -0.3 is 0 Å². The van der Waals surface area contributed by atoms with Gasteiger partial charge in [0.2, 0.25) is 0 Å². The van der Waals surface area contributed by atoms with Gasteiger partial charge in [0.1, 0.15) is 4.60 Å². The summed E-state index contributed by atoms with van der Waals surface area (Å²) in [6.07, 6.45) is 2.11. The average molecular weight is 214 g/mol. The number of aromatic nitrogens is 1. The van der Waals surface area contributed by atoms with Crippen molar-refractivity contribution in [3.05, 3.63) is 28.5 Å². The molecule has 3 heteroatoms. The molecular weight excluding hydrogens is 206 g/mol. The van der Waals surface area contributed by atoms with Crippen molar-refractivity contribution in [1.29, 1.82) is 0 Å². The Morgan fingerprint density at radius 1 is 1.64 bits per heavy atom. The maximum absolute atomic E-state index is 11.1. The lowest BCUT2D eigenvalue weighted by Gasteiger charge is -1.95. The predicted octanol–water partition coefficient (Wildman–Crippen LogP) is 2.44. The molecular formula is C8H8BrNO. The van der Waals surface area contributed by atoms with Crippen LogP contribution in [0.15, 0.2) is 22.9 Å². The Bertz CT molecular complexity index is 255. The first-order chi connectivity index (χ1) is 5.24. The third-order valence-electron chi connectivity index (χ3n) is 1.37. The normalized spacial score (nSPS) is 9.64. The highest BCUT2D eigenvalue weighted by Crippen LogP contribution is 2.07. The fraction of sp³-hybridized carbons (Fsp3) is 0.250. The van der Waals surface area contributed by atoms with Gasteiger partial charge in [-0.25, -0.2) is 4.98 Å². The fourth-order valence-corrected chi connectivity index (χ4v) is 0.979. The van der Waals surface area contributed by atoms with Crippen molar-refractivity contribution >= 4 is 21.7 Å². The summed E-state index contributed by atoms with van der Waals surface area (Å²) >= 11 is 3.19. The lowest BCUT2D eigenvalue weighted by molar-refractivity contribution is 0.0988. The smallest absolute Gasteiger partial charge is 0.164 e. The van der Waals surface area contributed by atoms with E-state index in [0.717, 1.165) is 4.60 Å². The topological polar surface area (TPSA) is 30.0 Å². The third kappa shape index (κ3) is 2.12. The van der Waals surface area contributed by atoms with Crippen LogP contribution < -0.4 is 0 Å². The monoisotopic (exact) mass is 213 g/mol. The second-order valence-corrected chi connectivity index (χ2v) is 2.96. The first kappa shape index (κ1) is 8.40. The van der Waals surface area contributed by atoms with Gasteiger partial charge in [0.25, 0.3) is 0 Å². The number of halogens is 1. The van der Waals surface area contributed by atoms with Crippen molar-refractivity contribution in [2.24, 2.45) is 0 Å². The minimum absolute atomic E-state index is 0.130. The van der Waals surface area contributed by atoms with Crippen molar-refractivity contribution in [2.75, 3.05) is 0 Å². The van der Waals surface area contributed by atoms with E-state index in [4.69, 9.17) is 0 Å². The van der Waals surface area contributed by atoms with Gasteiger partial charge in [-0.2, -0.15) is 0 Å². The molecule has 0 aliphatic heterocycles. The zero-order valence-electron chi connectivity index (χ0n) is 6.17. The van der Waals surface area contributed by atoms with Gasteiger partial charge >= 0.3 is 0 Å². The van der Waals surface area contributed by atoms with Crippen molar-refractivity contribution in [3.63, 3.8) is 0 Å². The first-order valence-electron chi connectivity index (χ1n) is 3.38. The number of carbonyl (C=O) groups is 1. The quantitative estimate of drug-likeness (QED) is 0.559. The Labute approximate surface area is 73.8 Å². The number of pyridine rings is 1. The summed E-state index contributed by atoms with van der Waals surface area (Å²) < 4.78 is 0.755. The van der Waals surface area contributed by atoms with Crippen LogP contribution in [0.1, 0.15) is 23.7 Å².